The molecule has 4 aromatic rings. The molecule has 2 N–H and O–H groups in total. The summed E-state index contributed by atoms with van der Waals surface area (Å²) in [5.41, 5.74) is 2.65. The topological polar surface area (TPSA) is 49.8 Å². The Balaban J connectivity index is 1.31. The maximum absolute atomic E-state index is 4.54. The van der Waals surface area contributed by atoms with E-state index in [-0.39, 0.29) is 0 Å². The molecule has 0 unspecified atom stereocenters. The van der Waals surface area contributed by atoms with Crippen LogP contribution in [-0.4, -0.2) is 23.1 Å². The molecule has 4 nitrogen and oxygen atoms in total. The molecule has 2 aromatic heterocycles. The third-order valence-electron chi connectivity index (χ3n) is 5.27. The first-order valence-electron chi connectivity index (χ1n) is 9.61. The zero-order valence-electron chi connectivity index (χ0n) is 15.2. The molecule has 0 saturated carbocycles. The molecule has 0 aliphatic heterocycles. The smallest absolute Gasteiger partial charge is 0.138 e. The van der Waals surface area contributed by atoms with Gasteiger partial charge in [0.2, 0.25) is 0 Å². The number of nitrogens with one attached hydrogen (secondary N) is 2. The van der Waals surface area contributed by atoms with E-state index >= 15 is 0 Å². The highest BCUT2D eigenvalue weighted by molar-refractivity contribution is 7.19. The van der Waals surface area contributed by atoms with Crippen molar-refractivity contribution in [3.63, 3.8) is 0 Å². The van der Waals surface area contributed by atoms with Crippen molar-refractivity contribution < 1.29 is 0 Å². The van der Waals surface area contributed by atoms with Gasteiger partial charge in [0.15, 0.2) is 0 Å². The Morgan fingerprint density at radius 1 is 0.889 bits per heavy atom. The van der Waals surface area contributed by atoms with Crippen LogP contribution in [0.1, 0.15) is 23.3 Å². The van der Waals surface area contributed by atoms with Crippen molar-refractivity contribution in [2.75, 3.05) is 23.7 Å². The lowest BCUT2D eigenvalue weighted by atomic mass is 9.97. The van der Waals surface area contributed by atoms with Crippen molar-refractivity contribution in [3.8, 4) is 0 Å². The molecule has 0 saturated heterocycles. The molecular formula is C22H22N4S. The summed E-state index contributed by atoms with van der Waals surface area (Å²) in [6, 6.07) is 14.9. The molecule has 0 fully saturated rings. The molecule has 0 radical (unpaired) electrons. The van der Waals surface area contributed by atoms with Gasteiger partial charge in [-0.1, -0.05) is 36.4 Å². The molecule has 136 valence electrons. The van der Waals surface area contributed by atoms with Crippen molar-refractivity contribution >= 4 is 43.8 Å². The quantitative estimate of drug-likeness (QED) is 0.469. The van der Waals surface area contributed by atoms with E-state index in [4.69, 9.17) is 0 Å². The molecular weight excluding hydrogens is 352 g/mol. The van der Waals surface area contributed by atoms with Crippen LogP contribution in [0.4, 0.5) is 11.5 Å². The van der Waals surface area contributed by atoms with Gasteiger partial charge in [0, 0.05) is 29.0 Å². The van der Waals surface area contributed by atoms with Gasteiger partial charge in [0.05, 0.1) is 5.39 Å². The van der Waals surface area contributed by atoms with Gasteiger partial charge in [0.1, 0.15) is 17.0 Å². The first-order valence-corrected chi connectivity index (χ1v) is 10.4. The van der Waals surface area contributed by atoms with Crippen LogP contribution in [-0.2, 0) is 12.8 Å². The van der Waals surface area contributed by atoms with Gasteiger partial charge in [-0.15, -0.1) is 11.3 Å². The monoisotopic (exact) mass is 374 g/mol. The minimum atomic E-state index is 0.819. The highest BCUT2D eigenvalue weighted by atomic mass is 32.1. The van der Waals surface area contributed by atoms with Crippen LogP contribution in [0.25, 0.3) is 21.0 Å². The summed E-state index contributed by atoms with van der Waals surface area (Å²) >= 11 is 1.84. The van der Waals surface area contributed by atoms with Gasteiger partial charge in [0.25, 0.3) is 0 Å². The van der Waals surface area contributed by atoms with Crippen LogP contribution in [0, 0.1) is 0 Å². The summed E-state index contributed by atoms with van der Waals surface area (Å²) in [7, 11) is 0. The van der Waals surface area contributed by atoms with Crippen molar-refractivity contribution in [2.24, 2.45) is 0 Å². The predicted octanol–water partition coefficient (Wildman–Crippen LogP) is 5.25. The number of thiophene rings is 1. The summed E-state index contributed by atoms with van der Waals surface area (Å²) < 4.78 is 0. The first-order chi connectivity index (χ1) is 13.4. The van der Waals surface area contributed by atoms with Crippen LogP contribution in [0.15, 0.2) is 48.8 Å². The second-order valence-electron chi connectivity index (χ2n) is 6.99. The lowest BCUT2D eigenvalue weighted by molar-refractivity contribution is 0.700. The van der Waals surface area contributed by atoms with Gasteiger partial charge in [-0.05, 0) is 42.7 Å². The number of aryl methyl sites for hydroxylation is 2. The van der Waals surface area contributed by atoms with Crippen LogP contribution in [0.5, 0.6) is 0 Å². The van der Waals surface area contributed by atoms with Crippen LogP contribution in [0.3, 0.4) is 0 Å². The maximum Gasteiger partial charge on any atom is 0.138 e. The second kappa shape index (κ2) is 7.16. The molecule has 2 aromatic carbocycles. The fraction of sp³-hybridized carbons (Fsp3) is 0.273. The Bertz CT molecular complexity index is 1100. The van der Waals surface area contributed by atoms with Crippen molar-refractivity contribution in [1.82, 2.24) is 9.97 Å². The lowest BCUT2D eigenvalue weighted by Crippen LogP contribution is -2.15. The Morgan fingerprint density at radius 2 is 1.74 bits per heavy atom. The molecule has 5 rings (SSSR count). The number of aromatic nitrogens is 2. The number of rotatable bonds is 5. The third-order valence-corrected chi connectivity index (χ3v) is 6.47. The molecule has 1 aliphatic rings. The summed E-state index contributed by atoms with van der Waals surface area (Å²) in [4.78, 5) is 11.7. The highest BCUT2D eigenvalue weighted by Crippen LogP contribution is 2.38. The van der Waals surface area contributed by atoms with Crippen LogP contribution < -0.4 is 10.6 Å². The van der Waals surface area contributed by atoms with E-state index in [1.165, 1.54) is 51.5 Å². The molecule has 1 aliphatic carbocycles. The number of nitrogens with zero attached hydrogens (tertiary/aromatic N) is 2. The van der Waals surface area contributed by atoms with E-state index < -0.39 is 0 Å². The zero-order valence-corrected chi connectivity index (χ0v) is 16.0. The van der Waals surface area contributed by atoms with E-state index in [0.717, 1.165) is 30.2 Å². The average molecular weight is 375 g/mol. The van der Waals surface area contributed by atoms with Crippen molar-refractivity contribution in [3.05, 3.63) is 59.2 Å². The van der Waals surface area contributed by atoms with E-state index in [2.05, 4.69) is 63.1 Å². The Kier molecular flexibility index (Phi) is 4.38. The van der Waals surface area contributed by atoms with Crippen molar-refractivity contribution in [1.29, 1.82) is 0 Å². The third kappa shape index (κ3) is 3.12. The molecule has 2 heterocycles. The van der Waals surface area contributed by atoms with Gasteiger partial charge in [-0.3, -0.25) is 0 Å². The number of hydrogen-bond donors (Lipinski definition) is 2. The predicted molar refractivity (Wildman–Crippen MR) is 115 cm³/mol. The summed E-state index contributed by atoms with van der Waals surface area (Å²) in [6.45, 7) is 1.66. The van der Waals surface area contributed by atoms with Crippen molar-refractivity contribution in [2.45, 2.75) is 25.7 Å². The van der Waals surface area contributed by atoms with E-state index in [1.807, 2.05) is 11.3 Å². The maximum atomic E-state index is 4.54. The van der Waals surface area contributed by atoms with E-state index in [0.29, 0.717) is 0 Å². The fourth-order valence-corrected chi connectivity index (χ4v) is 5.21. The Morgan fingerprint density at radius 3 is 2.74 bits per heavy atom. The van der Waals surface area contributed by atoms with Crippen LogP contribution in [0.2, 0.25) is 0 Å². The molecule has 0 amide bonds. The second-order valence-corrected chi connectivity index (χ2v) is 8.08. The van der Waals surface area contributed by atoms with E-state index in [9.17, 15) is 0 Å². The summed E-state index contributed by atoms with van der Waals surface area (Å²) in [6.07, 6.45) is 6.61. The number of fused-ring (bicyclic) bond motifs is 4. The number of benzene rings is 2. The fourth-order valence-electron chi connectivity index (χ4n) is 3.98. The SMILES string of the molecule is c1ccc2c(NCCNc3ncnc4sc5c(c34)CCCC5)cccc2c1. The van der Waals surface area contributed by atoms with Crippen LogP contribution >= 0.6 is 11.3 Å². The molecule has 0 atom stereocenters. The average Bonchev–Trinajstić information content (AvgIpc) is 3.10. The number of hydrogen-bond acceptors (Lipinski definition) is 5. The lowest BCUT2D eigenvalue weighted by Gasteiger charge is -2.13. The molecule has 5 heteroatoms. The summed E-state index contributed by atoms with van der Waals surface area (Å²) in [5, 5.41) is 10.9. The number of anilines is 2. The molecule has 0 bridgehead atoms. The van der Waals surface area contributed by atoms with Gasteiger partial charge >= 0.3 is 0 Å². The highest BCUT2D eigenvalue weighted by Gasteiger charge is 2.19. The van der Waals surface area contributed by atoms with Gasteiger partial charge in [-0.25, -0.2) is 9.97 Å². The normalized spacial score (nSPS) is 13.6. The van der Waals surface area contributed by atoms with Gasteiger partial charge in [-0.2, -0.15) is 0 Å². The zero-order chi connectivity index (χ0) is 18.1. The Hall–Kier alpha value is -2.66. The Labute approximate surface area is 162 Å². The minimum absolute atomic E-state index is 0.819. The van der Waals surface area contributed by atoms with Gasteiger partial charge < -0.3 is 10.6 Å². The minimum Gasteiger partial charge on any atom is -0.383 e. The van der Waals surface area contributed by atoms with E-state index in [1.54, 1.807) is 6.33 Å². The molecule has 0 spiro atoms. The largest absolute Gasteiger partial charge is 0.383 e. The first kappa shape index (κ1) is 16.5. The molecule has 27 heavy (non-hydrogen) atoms. The summed E-state index contributed by atoms with van der Waals surface area (Å²) in [5.74, 6) is 0.985. The standard InChI is InChI=1S/C22H22N4S/c1-2-8-16-15(6-1)7-5-10-18(16)23-12-13-24-21-20-17-9-3-4-11-19(17)27-22(20)26-14-25-21/h1-2,5-8,10,14,23H,3-4,9,11-13H2,(H,24,25,26).